The van der Waals surface area contributed by atoms with Crippen molar-refractivity contribution in [2.24, 2.45) is 0 Å². The molecule has 0 fully saturated rings. The van der Waals surface area contributed by atoms with Crippen LogP contribution in [0.5, 0.6) is 5.75 Å². The van der Waals surface area contributed by atoms with Crippen LogP contribution in [-0.4, -0.2) is 15.9 Å². The van der Waals surface area contributed by atoms with E-state index in [1.807, 2.05) is 6.92 Å². The van der Waals surface area contributed by atoms with Gasteiger partial charge in [-0.25, -0.2) is 0 Å². The molecule has 3 heteroatoms. The lowest BCUT2D eigenvalue weighted by molar-refractivity contribution is 0.101. The highest BCUT2D eigenvalue weighted by atomic mass is 16.3. The Hall–Kier alpha value is -1.77. The number of aromatic nitrogens is 1. The summed E-state index contributed by atoms with van der Waals surface area (Å²) in [4.78, 5) is 14.3. The van der Waals surface area contributed by atoms with Gasteiger partial charge in [0.05, 0.1) is 5.69 Å². The van der Waals surface area contributed by atoms with Crippen molar-refractivity contribution < 1.29 is 9.90 Å². The second-order valence-corrected chi connectivity index (χ2v) is 3.41. The number of nitrogens with one attached hydrogen (secondary N) is 1. The summed E-state index contributed by atoms with van der Waals surface area (Å²) in [6, 6.07) is 5.03. The van der Waals surface area contributed by atoms with E-state index in [1.165, 1.54) is 6.92 Å². The lowest BCUT2D eigenvalue weighted by Crippen LogP contribution is -1.93. The van der Waals surface area contributed by atoms with Gasteiger partial charge in [0.1, 0.15) is 5.75 Å². The molecule has 0 spiro atoms. The summed E-state index contributed by atoms with van der Waals surface area (Å²) in [5, 5.41) is 10.2. The van der Waals surface area contributed by atoms with Crippen LogP contribution in [0.3, 0.4) is 0 Å². The van der Waals surface area contributed by atoms with Crippen molar-refractivity contribution in [3.05, 3.63) is 29.5 Å². The molecular formula is C11H11NO2. The molecule has 0 saturated heterocycles. The highest BCUT2D eigenvalue weighted by Gasteiger charge is 2.10. The maximum atomic E-state index is 11.2. The van der Waals surface area contributed by atoms with E-state index in [2.05, 4.69) is 4.98 Å². The first-order valence-electron chi connectivity index (χ1n) is 4.42. The third kappa shape index (κ3) is 1.18. The zero-order chi connectivity index (χ0) is 10.3. The van der Waals surface area contributed by atoms with E-state index >= 15 is 0 Å². The minimum atomic E-state index is 0.0122. The lowest BCUT2D eigenvalue weighted by Gasteiger charge is -1.93. The third-order valence-corrected chi connectivity index (χ3v) is 2.39. The minimum Gasteiger partial charge on any atom is -0.508 e. The first-order chi connectivity index (χ1) is 6.59. The molecule has 0 atom stereocenters. The van der Waals surface area contributed by atoms with Crippen molar-refractivity contribution in [3.8, 4) is 5.75 Å². The van der Waals surface area contributed by atoms with Crippen molar-refractivity contribution >= 4 is 16.7 Å². The quantitative estimate of drug-likeness (QED) is 0.677. The van der Waals surface area contributed by atoms with Gasteiger partial charge in [-0.3, -0.25) is 4.79 Å². The highest BCUT2D eigenvalue weighted by Crippen LogP contribution is 2.25. The van der Waals surface area contributed by atoms with E-state index in [0.29, 0.717) is 5.69 Å². The fourth-order valence-electron chi connectivity index (χ4n) is 1.67. The Balaban J connectivity index is 2.80. The molecule has 0 saturated carbocycles. The maximum absolute atomic E-state index is 11.2. The molecule has 0 bridgehead atoms. The third-order valence-electron chi connectivity index (χ3n) is 2.39. The molecule has 2 rings (SSSR count). The Morgan fingerprint density at radius 1 is 1.43 bits per heavy atom. The van der Waals surface area contributed by atoms with Crippen LogP contribution in [0.2, 0.25) is 0 Å². The lowest BCUT2D eigenvalue weighted by atomic mass is 10.1. The Bertz CT molecular complexity index is 511. The fourth-order valence-corrected chi connectivity index (χ4v) is 1.67. The largest absolute Gasteiger partial charge is 0.508 e. The van der Waals surface area contributed by atoms with Crippen molar-refractivity contribution in [2.75, 3.05) is 0 Å². The molecule has 14 heavy (non-hydrogen) atoms. The Labute approximate surface area is 81.4 Å². The van der Waals surface area contributed by atoms with Gasteiger partial charge in [0.2, 0.25) is 0 Å². The van der Waals surface area contributed by atoms with Gasteiger partial charge < -0.3 is 10.1 Å². The molecule has 72 valence electrons. The molecule has 0 aliphatic carbocycles. The van der Waals surface area contributed by atoms with Gasteiger partial charge in [-0.05, 0) is 30.7 Å². The van der Waals surface area contributed by atoms with E-state index in [-0.39, 0.29) is 11.5 Å². The summed E-state index contributed by atoms with van der Waals surface area (Å²) in [7, 11) is 0. The first kappa shape index (κ1) is 8.81. The van der Waals surface area contributed by atoms with E-state index in [9.17, 15) is 9.90 Å². The Morgan fingerprint density at radius 3 is 2.79 bits per heavy atom. The Kier molecular flexibility index (Phi) is 1.81. The van der Waals surface area contributed by atoms with Gasteiger partial charge in [-0.15, -0.1) is 0 Å². The molecular weight excluding hydrogens is 178 g/mol. The second kappa shape index (κ2) is 2.87. The van der Waals surface area contributed by atoms with Gasteiger partial charge in [-0.1, -0.05) is 0 Å². The van der Waals surface area contributed by atoms with Gasteiger partial charge in [0.15, 0.2) is 5.78 Å². The molecule has 1 aromatic carbocycles. The molecule has 0 unspecified atom stereocenters. The van der Waals surface area contributed by atoms with Crippen molar-refractivity contribution in [2.45, 2.75) is 13.8 Å². The zero-order valence-corrected chi connectivity index (χ0v) is 8.09. The number of Topliss-reactive ketones (excluding diaryl/α,β-unsaturated/α-hetero) is 1. The fraction of sp³-hybridized carbons (Fsp3) is 0.182. The number of benzene rings is 1. The number of hydrogen-bond donors (Lipinski definition) is 2. The number of phenols is 1. The number of aryl methyl sites for hydroxylation is 1. The van der Waals surface area contributed by atoms with Gasteiger partial charge in [0.25, 0.3) is 0 Å². The average Bonchev–Trinajstić information content (AvgIpc) is 2.44. The summed E-state index contributed by atoms with van der Waals surface area (Å²) in [5.41, 5.74) is 2.39. The van der Waals surface area contributed by atoms with E-state index in [4.69, 9.17) is 0 Å². The van der Waals surface area contributed by atoms with Crippen LogP contribution in [0.25, 0.3) is 10.9 Å². The smallest absolute Gasteiger partial charge is 0.176 e. The molecule has 2 N–H and O–H groups in total. The number of carbonyl (C=O) groups excluding carboxylic acids is 1. The predicted molar refractivity (Wildman–Crippen MR) is 54.7 cm³/mol. The predicted octanol–water partition coefficient (Wildman–Crippen LogP) is 2.38. The highest BCUT2D eigenvalue weighted by molar-refractivity contribution is 6.01. The monoisotopic (exact) mass is 189 g/mol. The minimum absolute atomic E-state index is 0.0122. The number of aromatic amines is 1. The van der Waals surface area contributed by atoms with Gasteiger partial charge in [0, 0.05) is 17.8 Å². The van der Waals surface area contributed by atoms with Gasteiger partial charge in [-0.2, -0.15) is 0 Å². The number of carbonyl (C=O) groups is 1. The molecule has 0 aliphatic heterocycles. The molecule has 1 aromatic heterocycles. The number of H-pyrrole nitrogens is 1. The van der Waals surface area contributed by atoms with Crippen LogP contribution < -0.4 is 0 Å². The summed E-state index contributed by atoms with van der Waals surface area (Å²) in [6.07, 6.45) is 0. The molecule has 0 amide bonds. The summed E-state index contributed by atoms with van der Waals surface area (Å²) in [5.74, 6) is 0.230. The SMILES string of the molecule is CC(=O)c1[nH]c2ccc(O)cc2c1C. The van der Waals surface area contributed by atoms with E-state index < -0.39 is 0 Å². The average molecular weight is 189 g/mol. The van der Waals surface area contributed by atoms with E-state index in [0.717, 1.165) is 16.5 Å². The van der Waals surface area contributed by atoms with Crippen LogP contribution >= 0.6 is 0 Å². The number of hydrogen-bond acceptors (Lipinski definition) is 2. The van der Waals surface area contributed by atoms with Crippen molar-refractivity contribution in [3.63, 3.8) is 0 Å². The molecule has 0 aliphatic rings. The van der Waals surface area contributed by atoms with Crippen LogP contribution in [-0.2, 0) is 0 Å². The maximum Gasteiger partial charge on any atom is 0.176 e. The Morgan fingerprint density at radius 2 is 2.14 bits per heavy atom. The number of aromatic hydroxyl groups is 1. The number of ketones is 1. The number of rotatable bonds is 1. The summed E-state index contributed by atoms with van der Waals surface area (Å²) in [6.45, 7) is 3.40. The standard InChI is InChI=1S/C11H11NO2/c1-6-9-5-8(14)3-4-10(9)12-11(6)7(2)13/h3-5,12,14H,1-2H3. The van der Waals surface area contributed by atoms with Crippen LogP contribution in [0.4, 0.5) is 0 Å². The number of phenolic OH excluding ortho intramolecular Hbond substituents is 1. The summed E-state index contributed by atoms with van der Waals surface area (Å²) < 4.78 is 0. The van der Waals surface area contributed by atoms with Gasteiger partial charge >= 0.3 is 0 Å². The van der Waals surface area contributed by atoms with Crippen LogP contribution in [0, 0.1) is 6.92 Å². The van der Waals surface area contributed by atoms with E-state index in [1.54, 1.807) is 18.2 Å². The topological polar surface area (TPSA) is 53.1 Å². The number of fused-ring (bicyclic) bond motifs is 1. The van der Waals surface area contributed by atoms with Crippen LogP contribution in [0.1, 0.15) is 23.0 Å². The van der Waals surface area contributed by atoms with Crippen LogP contribution in [0.15, 0.2) is 18.2 Å². The summed E-state index contributed by atoms with van der Waals surface area (Å²) >= 11 is 0. The molecule has 3 nitrogen and oxygen atoms in total. The first-order valence-corrected chi connectivity index (χ1v) is 4.42. The zero-order valence-electron chi connectivity index (χ0n) is 8.09. The van der Waals surface area contributed by atoms with Crippen molar-refractivity contribution in [1.29, 1.82) is 0 Å². The normalized spacial score (nSPS) is 10.7. The molecule has 2 aromatic rings. The van der Waals surface area contributed by atoms with Crippen molar-refractivity contribution in [1.82, 2.24) is 4.98 Å². The molecule has 1 heterocycles. The molecule has 0 radical (unpaired) electrons. The second-order valence-electron chi connectivity index (χ2n) is 3.41.